The van der Waals surface area contributed by atoms with Crippen molar-refractivity contribution in [2.45, 2.75) is 18.3 Å². The Bertz CT molecular complexity index is 348. The number of rotatable bonds is 2. The normalized spacial score (nSPS) is 29.6. The van der Waals surface area contributed by atoms with Gasteiger partial charge in [-0.25, -0.2) is 8.78 Å². The molecule has 0 saturated heterocycles. The zero-order chi connectivity index (χ0) is 10.3. The Hall–Kier alpha value is -1.39. The van der Waals surface area contributed by atoms with Crippen LogP contribution in [-0.4, -0.2) is 11.8 Å². The summed E-state index contributed by atoms with van der Waals surface area (Å²) >= 11 is 0. The first-order valence-electron chi connectivity index (χ1n) is 4.23. The van der Waals surface area contributed by atoms with E-state index in [1.807, 2.05) is 0 Å². The lowest BCUT2D eigenvalue weighted by molar-refractivity contribution is -0.169. The average Bonchev–Trinajstić information content (AvgIpc) is 2.50. The van der Waals surface area contributed by atoms with E-state index in [1.165, 1.54) is 6.26 Å². The van der Waals surface area contributed by atoms with Crippen LogP contribution in [0.5, 0.6) is 0 Å². The maximum atomic E-state index is 13.0. The van der Waals surface area contributed by atoms with Crippen molar-refractivity contribution in [3.8, 4) is 0 Å². The monoisotopic (exact) mass is 201 g/mol. The zero-order valence-electron chi connectivity index (χ0n) is 7.24. The van der Waals surface area contributed by atoms with Gasteiger partial charge in [0, 0.05) is 12.3 Å². The molecule has 0 bridgehead atoms. The maximum absolute atomic E-state index is 13.0. The van der Waals surface area contributed by atoms with Crippen molar-refractivity contribution >= 4 is 5.91 Å². The minimum atomic E-state index is -2.98. The van der Waals surface area contributed by atoms with Crippen molar-refractivity contribution in [2.75, 3.05) is 0 Å². The zero-order valence-corrected chi connectivity index (χ0v) is 7.24. The fourth-order valence-corrected chi connectivity index (χ4v) is 1.85. The second-order valence-corrected chi connectivity index (χ2v) is 3.47. The number of primary amides is 1. The molecule has 14 heavy (non-hydrogen) atoms. The van der Waals surface area contributed by atoms with Crippen LogP contribution in [-0.2, 0) is 4.79 Å². The lowest BCUT2D eigenvalue weighted by Crippen LogP contribution is -2.52. The third kappa shape index (κ3) is 1.20. The summed E-state index contributed by atoms with van der Waals surface area (Å²) in [5.74, 6) is -5.54. The Labute approximate surface area is 78.9 Å². The van der Waals surface area contributed by atoms with Crippen LogP contribution >= 0.6 is 0 Å². The summed E-state index contributed by atoms with van der Waals surface area (Å²) in [5.41, 5.74) is 4.91. The van der Waals surface area contributed by atoms with E-state index in [0.717, 1.165) is 0 Å². The topological polar surface area (TPSA) is 56.2 Å². The fraction of sp³-hybridized carbons (Fsp3) is 0.444. The van der Waals surface area contributed by atoms with Crippen molar-refractivity contribution in [1.82, 2.24) is 0 Å². The molecule has 0 radical (unpaired) electrons. The largest absolute Gasteiger partial charge is 0.469 e. The molecule has 0 aliphatic heterocycles. The number of furan rings is 1. The lowest BCUT2D eigenvalue weighted by atomic mass is 9.68. The first kappa shape index (κ1) is 9.18. The molecule has 1 aliphatic rings. The smallest absolute Gasteiger partial charge is 0.261 e. The van der Waals surface area contributed by atoms with Crippen molar-refractivity contribution in [3.05, 3.63) is 24.2 Å². The summed E-state index contributed by atoms with van der Waals surface area (Å²) in [6, 6.07) is 3.18. The van der Waals surface area contributed by atoms with Gasteiger partial charge in [0.15, 0.2) is 0 Å². The van der Waals surface area contributed by atoms with Gasteiger partial charge in [-0.1, -0.05) is 0 Å². The van der Waals surface area contributed by atoms with Gasteiger partial charge in [0.2, 0.25) is 5.91 Å². The molecule has 0 spiro atoms. The molecule has 2 N–H and O–H groups in total. The first-order chi connectivity index (χ1) is 6.52. The van der Waals surface area contributed by atoms with Crippen molar-refractivity contribution in [3.63, 3.8) is 0 Å². The molecular formula is C9H9F2NO2. The molecule has 1 aromatic heterocycles. The van der Waals surface area contributed by atoms with Crippen molar-refractivity contribution in [2.24, 2.45) is 11.7 Å². The van der Waals surface area contributed by atoms with Gasteiger partial charge in [0.25, 0.3) is 5.92 Å². The first-order valence-corrected chi connectivity index (χ1v) is 4.23. The Morgan fingerprint density at radius 2 is 2.36 bits per heavy atom. The van der Waals surface area contributed by atoms with Gasteiger partial charge in [0.05, 0.1) is 6.26 Å². The minimum absolute atomic E-state index is 0.367. The van der Waals surface area contributed by atoms with Crippen LogP contribution in [0, 0.1) is 5.92 Å². The standard InChI is InChI=1S/C9H9F2NO2/c10-9(11)4-5(7(9)8(12)13)6-2-1-3-14-6/h1-3,5,7H,4H2,(H2,12,13). The van der Waals surface area contributed by atoms with Crippen LogP contribution < -0.4 is 5.73 Å². The molecule has 2 rings (SSSR count). The van der Waals surface area contributed by atoms with Crippen LogP contribution in [0.15, 0.2) is 22.8 Å². The fourth-order valence-electron chi connectivity index (χ4n) is 1.85. The predicted octanol–water partition coefficient (Wildman–Crippen LogP) is 1.50. The summed E-state index contributed by atoms with van der Waals surface area (Å²) in [6.07, 6.45) is 1.03. The molecule has 2 atom stereocenters. The molecule has 1 fully saturated rings. The Morgan fingerprint density at radius 3 is 2.79 bits per heavy atom. The second-order valence-electron chi connectivity index (χ2n) is 3.47. The summed E-state index contributed by atoms with van der Waals surface area (Å²) in [6.45, 7) is 0. The van der Waals surface area contributed by atoms with Gasteiger partial charge in [-0.15, -0.1) is 0 Å². The molecule has 3 nitrogen and oxygen atoms in total. The van der Waals surface area contributed by atoms with Crippen LogP contribution in [0.4, 0.5) is 8.78 Å². The van der Waals surface area contributed by atoms with Crippen LogP contribution in [0.1, 0.15) is 18.1 Å². The van der Waals surface area contributed by atoms with Crippen molar-refractivity contribution < 1.29 is 18.0 Å². The second kappa shape index (κ2) is 2.80. The molecule has 1 amide bonds. The molecule has 1 aliphatic carbocycles. The van der Waals surface area contributed by atoms with Gasteiger partial charge < -0.3 is 10.2 Å². The minimum Gasteiger partial charge on any atom is -0.469 e. The van der Waals surface area contributed by atoms with E-state index in [1.54, 1.807) is 12.1 Å². The van der Waals surface area contributed by atoms with E-state index >= 15 is 0 Å². The van der Waals surface area contributed by atoms with Crippen LogP contribution in [0.25, 0.3) is 0 Å². The highest BCUT2D eigenvalue weighted by atomic mass is 19.3. The number of hydrogen-bond donors (Lipinski definition) is 1. The molecule has 0 aromatic carbocycles. The van der Waals surface area contributed by atoms with Crippen LogP contribution in [0.3, 0.4) is 0 Å². The Kier molecular flexibility index (Phi) is 1.83. The Balaban J connectivity index is 2.22. The highest BCUT2D eigenvalue weighted by Crippen LogP contribution is 2.53. The lowest BCUT2D eigenvalue weighted by Gasteiger charge is -2.41. The van der Waals surface area contributed by atoms with E-state index in [0.29, 0.717) is 5.76 Å². The van der Waals surface area contributed by atoms with Gasteiger partial charge in [-0.05, 0) is 12.1 Å². The predicted molar refractivity (Wildman–Crippen MR) is 43.7 cm³/mol. The molecule has 1 saturated carbocycles. The number of nitrogens with two attached hydrogens (primary N) is 1. The SMILES string of the molecule is NC(=O)C1C(c2ccco2)CC1(F)F. The molecule has 1 aromatic rings. The van der Waals surface area contributed by atoms with E-state index in [9.17, 15) is 13.6 Å². The van der Waals surface area contributed by atoms with Gasteiger partial charge in [0.1, 0.15) is 11.7 Å². The van der Waals surface area contributed by atoms with E-state index < -0.39 is 23.7 Å². The van der Waals surface area contributed by atoms with Crippen LogP contribution in [0.2, 0.25) is 0 Å². The summed E-state index contributed by atoms with van der Waals surface area (Å²) in [7, 11) is 0. The number of alkyl halides is 2. The number of carbonyl (C=O) groups is 1. The molecule has 76 valence electrons. The number of carbonyl (C=O) groups excluding carboxylic acids is 1. The quantitative estimate of drug-likeness (QED) is 0.788. The summed E-state index contributed by atoms with van der Waals surface area (Å²) < 4.78 is 30.9. The molecular weight excluding hydrogens is 192 g/mol. The molecule has 2 unspecified atom stereocenters. The third-order valence-electron chi connectivity index (χ3n) is 2.56. The summed E-state index contributed by atoms with van der Waals surface area (Å²) in [5, 5.41) is 0. The average molecular weight is 201 g/mol. The molecule has 1 heterocycles. The Morgan fingerprint density at radius 1 is 1.64 bits per heavy atom. The highest BCUT2D eigenvalue weighted by molar-refractivity contribution is 5.80. The van der Waals surface area contributed by atoms with E-state index in [4.69, 9.17) is 10.2 Å². The number of hydrogen-bond acceptors (Lipinski definition) is 2. The van der Waals surface area contributed by atoms with Crippen molar-refractivity contribution in [1.29, 1.82) is 0 Å². The molecule has 5 heteroatoms. The number of halogens is 2. The van der Waals surface area contributed by atoms with Gasteiger partial charge in [-0.3, -0.25) is 4.79 Å². The number of amides is 1. The highest BCUT2D eigenvalue weighted by Gasteiger charge is 2.60. The maximum Gasteiger partial charge on any atom is 0.261 e. The summed E-state index contributed by atoms with van der Waals surface area (Å²) in [4.78, 5) is 10.8. The van der Waals surface area contributed by atoms with Gasteiger partial charge >= 0.3 is 0 Å². The van der Waals surface area contributed by atoms with E-state index in [2.05, 4.69) is 0 Å². The van der Waals surface area contributed by atoms with E-state index in [-0.39, 0.29) is 6.42 Å². The third-order valence-corrected chi connectivity index (χ3v) is 2.56. The van der Waals surface area contributed by atoms with Gasteiger partial charge in [-0.2, -0.15) is 0 Å².